The van der Waals surface area contributed by atoms with Crippen LogP contribution in [0.5, 0.6) is 0 Å². The van der Waals surface area contributed by atoms with Crippen molar-refractivity contribution < 1.29 is 9.59 Å². The van der Waals surface area contributed by atoms with Gasteiger partial charge >= 0.3 is 0 Å². The highest BCUT2D eigenvalue weighted by Gasteiger charge is 2.01. The molecule has 0 aliphatic carbocycles. The van der Waals surface area contributed by atoms with Gasteiger partial charge in [-0.2, -0.15) is 0 Å². The predicted octanol–water partition coefficient (Wildman–Crippen LogP) is 3.21. The first-order chi connectivity index (χ1) is 14.6. The normalized spacial score (nSPS) is 9.40. The molecule has 3 rings (SSSR count). The molecule has 0 aliphatic heterocycles. The number of hydrogen-bond donors (Lipinski definition) is 2. The summed E-state index contributed by atoms with van der Waals surface area (Å²) in [5, 5.41) is 5.18. The first kappa shape index (κ1) is 20.5. The Labute approximate surface area is 176 Å². The van der Waals surface area contributed by atoms with Crippen LogP contribution < -0.4 is 10.6 Å². The first-order valence-corrected chi connectivity index (χ1v) is 9.37. The monoisotopic (exact) mass is 392 g/mol. The molecule has 146 valence electrons. The smallest absolute Gasteiger partial charge is 0.251 e. The van der Waals surface area contributed by atoms with Crippen LogP contribution in [0.3, 0.4) is 0 Å². The van der Waals surface area contributed by atoms with Crippen LogP contribution in [0.1, 0.15) is 43.0 Å². The molecule has 4 nitrogen and oxygen atoms in total. The molecule has 0 unspecified atom stereocenters. The zero-order chi connectivity index (χ0) is 21.3. The second kappa shape index (κ2) is 9.78. The largest absolute Gasteiger partial charge is 0.355 e. The molecule has 4 heteroatoms. The molecule has 0 saturated carbocycles. The van der Waals surface area contributed by atoms with E-state index < -0.39 is 0 Å². The van der Waals surface area contributed by atoms with Crippen LogP contribution in [0.2, 0.25) is 0 Å². The summed E-state index contributed by atoms with van der Waals surface area (Å²) in [6, 6.07) is 22.0. The van der Waals surface area contributed by atoms with E-state index in [1.54, 1.807) is 38.4 Å². The second-order valence-electron chi connectivity index (χ2n) is 6.39. The molecule has 30 heavy (non-hydrogen) atoms. The zero-order valence-electron chi connectivity index (χ0n) is 16.7. The molecule has 0 bridgehead atoms. The van der Waals surface area contributed by atoms with Gasteiger partial charge in [0.1, 0.15) is 0 Å². The summed E-state index contributed by atoms with van der Waals surface area (Å²) in [7, 11) is 3.21. The molecule has 0 radical (unpaired) electrons. The molecule has 2 amide bonds. The molecule has 0 saturated heterocycles. The van der Waals surface area contributed by atoms with Gasteiger partial charge in [-0.25, -0.2) is 0 Å². The van der Waals surface area contributed by atoms with Crippen molar-refractivity contribution in [2.45, 2.75) is 0 Å². The number of nitrogens with one attached hydrogen (secondary N) is 2. The second-order valence-corrected chi connectivity index (χ2v) is 6.39. The van der Waals surface area contributed by atoms with E-state index in [2.05, 4.69) is 34.3 Å². The standard InChI is InChI=1S/C26H20N2O2/c1-27-25(29)23-15-11-21(12-16-23)9-7-19-3-5-20(6-4-19)8-10-22-13-17-24(18-14-22)26(30)28-2/h3-6,11-18H,1-2H3,(H,27,29)(H,28,30). The quantitative estimate of drug-likeness (QED) is 0.658. The van der Waals surface area contributed by atoms with Gasteiger partial charge in [0.05, 0.1) is 0 Å². The fraction of sp³-hybridized carbons (Fsp3) is 0.0769. The van der Waals surface area contributed by atoms with Gasteiger partial charge in [-0.3, -0.25) is 9.59 Å². The summed E-state index contributed by atoms with van der Waals surface area (Å²) in [6.07, 6.45) is 0. The van der Waals surface area contributed by atoms with Gasteiger partial charge in [0.2, 0.25) is 0 Å². The Kier molecular flexibility index (Phi) is 6.66. The van der Waals surface area contributed by atoms with Gasteiger partial charge in [-0.15, -0.1) is 0 Å². The third-order valence-electron chi connectivity index (χ3n) is 4.34. The zero-order valence-corrected chi connectivity index (χ0v) is 16.7. The number of benzene rings is 3. The van der Waals surface area contributed by atoms with Crippen molar-refractivity contribution in [2.75, 3.05) is 14.1 Å². The first-order valence-electron chi connectivity index (χ1n) is 9.37. The van der Waals surface area contributed by atoms with E-state index in [4.69, 9.17) is 0 Å². The Balaban J connectivity index is 1.66. The van der Waals surface area contributed by atoms with E-state index >= 15 is 0 Å². The fourth-order valence-electron chi connectivity index (χ4n) is 2.62. The molecule has 0 atom stereocenters. The maximum absolute atomic E-state index is 11.6. The lowest BCUT2D eigenvalue weighted by molar-refractivity contribution is 0.0955. The molecular weight excluding hydrogens is 372 g/mol. The van der Waals surface area contributed by atoms with E-state index in [0.717, 1.165) is 22.3 Å². The van der Waals surface area contributed by atoms with Crippen molar-refractivity contribution in [3.05, 3.63) is 106 Å². The van der Waals surface area contributed by atoms with Crippen molar-refractivity contribution in [3.63, 3.8) is 0 Å². The van der Waals surface area contributed by atoms with Crippen molar-refractivity contribution in [1.29, 1.82) is 0 Å². The van der Waals surface area contributed by atoms with Crippen LogP contribution in [0.25, 0.3) is 0 Å². The summed E-state index contributed by atoms with van der Waals surface area (Å²) in [4.78, 5) is 23.1. The summed E-state index contributed by atoms with van der Waals surface area (Å²) < 4.78 is 0. The third kappa shape index (κ3) is 5.38. The van der Waals surface area contributed by atoms with Crippen LogP contribution in [0, 0.1) is 23.7 Å². The molecule has 3 aromatic carbocycles. The molecule has 0 fully saturated rings. The summed E-state index contributed by atoms with van der Waals surface area (Å²) in [5.41, 5.74) is 4.65. The summed E-state index contributed by atoms with van der Waals surface area (Å²) in [5.74, 6) is 12.2. The Morgan fingerprint density at radius 1 is 0.500 bits per heavy atom. The Morgan fingerprint density at radius 2 is 0.733 bits per heavy atom. The van der Waals surface area contributed by atoms with E-state index in [-0.39, 0.29) is 11.8 Å². The highest BCUT2D eigenvalue weighted by molar-refractivity contribution is 5.94. The van der Waals surface area contributed by atoms with Crippen LogP contribution >= 0.6 is 0 Å². The van der Waals surface area contributed by atoms with Crippen LogP contribution in [-0.2, 0) is 0 Å². The molecule has 0 aromatic heterocycles. The molecule has 0 heterocycles. The van der Waals surface area contributed by atoms with Crippen molar-refractivity contribution in [1.82, 2.24) is 10.6 Å². The SMILES string of the molecule is CNC(=O)c1ccc(C#Cc2ccc(C#Cc3ccc(C(=O)NC)cc3)cc2)cc1. The van der Waals surface area contributed by atoms with Crippen LogP contribution in [0.15, 0.2) is 72.8 Å². The lowest BCUT2D eigenvalue weighted by atomic mass is 10.1. The maximum Gasteiger partial charge on any atom is 0.251 e. The molecule has 3 aromatic rings. The van der Waals surface area contributed by atoms with Crippen LogP contribution in [-0.4, -0.2) is 25.9 Å². The number of amides is 2. The molecule has 0 spiro atoms. The molecular formula is C26H20N2O2. The predicted molar refractivity (Wildman–Crippen MR) is 118 cm³/mol. The fourth-order valence-corrected chi connectivity index (χ4v) is 2.62. The van der Waals surface area contributed by atoms with Crippen LogP contribution in [0.4, 0.5) is 0 Å². The van der Waals surface area contributed by atoms with E-state index in [9.17, 15) is 9.59 Å². The Hall–Kier alpha value is -4.28. The minimum Gasteiger partial charge on any atom is -0.355 e. The van der Waals surface area contributed by atoms with Gasteiger partial charge in [-0.05, 0) is 72.8 Å². The maximum atomic E-state index is 11.6. The number of carbonyl (C=O) groups is 2. The van der Waals surface area contributed by atoms with E-state index in [1.807, 2.05) is 48.5 Å². The lowest BCUT2D eigenvalue weighted by Gasteiger charge is -1.99. The van der Waals surface area contributed by atoms with Gasteiger partial charge < -0.3 is 10.6 Å². The number of carbonyl (C=O) groups excluding carboxylic acids is 2. The van der Waals surface area contributed by atoms with Crippen molar-refractivity contribution >= 4 is 11.8 Å². The Bertz CT molecular complexity index is 1070. The van der Waals surface area contributed by atoms with Gasteiger partial charge in [0, 0.05) is 47.5 Å². The minimum atomic E-state index is -0.117. The molecule has 0 aliphatic rings. The van der Waals surface area contributed by atoms with Crippen molar-refractivity contribution in [2.24, 2.45) is 0 Å². The Morgan fingerprint density at radius 3 is 0.967 bits per heavy atom. The van der Waals surface area contributed by atoms with Gasteiger partial charge in [-0.1, -0.05) is 23.7 Å². The molecule has 2 N–H and O–H groups in total. The minimum absolute atomic E-state index is 0.117. The van der Waals surface area contributed by atoms with Gasteiger partial charge in [0.25, 0.3) is 11.8 Å². The summed E-state index contributed by atoms with van der Waals surface area (Å²) in [6.45, 7) is 0. The third-order valence-corrected chi connectivity index (χ3v) is 4.34. The number of hydrogen-bond acceptors (Lipinski definition) is 2. The number of rotatable bonds is 2. The van der Waals surface area contributed by atoms with E-state index in [1.165, 1.54) is 0 Å². The van der Waals surface area contributed by atoms with E-state index in [0.29, 0.717) is 11.1 Å². The topological polar surface area (TPSA) is 58.2 Å². The average Bonchev–Trinajstić information content (AvgIpc) is 2.81. The van der Waals surface area contributed by atoms with Gasteiger partial charge in [0.15, 0.2) is 0 Å². The summed E-state index contributed by atoms with van der Waals surface area (Å²) >= 11 is 0. The highest BCUT2D eigenvalue weighted by Crippen LogP contribution is 2.07. The average molecular weight is 392 g/mol. The van der Waals surface area contributed by atoms with Crippen molar-refractivity contribution in [3.8, 4) is 23.7 Å². The highest BCUT2D eigenvalue weighted by atomic mass is 16.2. The lowest BCUT2D eigenvalue weighted by Crippen LogP contribution is -2.17.